The SMILES string of the molecule is Cc1nc(N2CCOCC2)sc1C=CCNC(C)(C)C. The third-order valence-electron chi connectivity index (χ3n) is 3.12. The van der Waals surface area contributed by atoms with Gasteiger partial charge in [0.1, 0.15) is 0 Å². The van der Waals surface area contributed by atoms with Crippen LogP contribution in [-0.4, -0.2) is 43.4 Å². The normalized spacial score (nSPS) is 17.1. The number of rotatable bonds is 4. The summed E-state index contributed by atoms with van der Waals surface area (Å²) in [5.74, 6) is 0. The molecule has 0 amide bonds. The summed E-state index contributed by atoms with van der Waals surface area (Å²) in [6.07, 6.45) is 4.35. The molecule has 1 aromatic heterocycles. The van der Waals surface area contributed by atoms with E-state index >= 15 is 0 Å². The third kappa shape index (κ3) is 4.58. The van der Waals surface area contributed by atoms with Crippen molar-refractivity contribution in [2.45, 2.75) is 33.2 Å². The summed E-state index contributed by atoms with van der Waals surface area (Å²) in [6.45, 7) is 13.0. The molecule has 0 radical (unpaired) electrons. The van der Waals surface area contributed by atoms with Crippen molar-refractivity contribution < 1.29 is 4.74 Å². The largest absolute Gasteiger partial charge is 0.378 e. The minimum Gasteiger partial charge on any atom is -0.378 e. The summed E-state index contributed by atoms with van der Waals surface area (Å²) in [4.78, 5) is 8.24. The average Bonchev–Trinajstić information content (AvgIpc) is 2.76. The van der Waals surface area contributed by atoms with E-state index in [0.29, 0.717) is 0 Å². The number of nitrogens with zero attached hydrogens (tertiary/aromatic N) is 2. The Bertz CT molecular complexity index is 456. The van der Waals surface area contributed by atoms with E-state index in [9.17, 15) is 0 Å². The fourth-order valence-corrected chi connectivity index (χ4v) is 3.02. The first-order valence-corrected chi connectivity index (χ1v) is 7.99. The zero-order valence-electron chi connectivity index (χ0n) is 12.9. The van der Waals surface area contributed by atoms with Crippen molar-refractivity contribution in [2.24, 2.45) is 0 Å². The molecule has 4 nitrogen and oxygen atoms in total. The van der Waals surface area contributed by atoms with E-state index in [1.54, 1.807) is 11.3 Å². The molecular weight excluding hydrogens is 270 g/mol. The number of hydrogen-bond acceptors (Lipinski definition) is 5. The number of morpholine rings is 1. The van der Waals surface area contributed by atoms with Crippen molar-refractivity contribution >= 4 is 22.5 Å². The first-order chi connectivity index (χ1) is 9.46. The maximum Gasteiger partial charge on any atom is 0.186 e. The van der Waals surface area contributed by atoms with Gasteiger partial charge in [-0.3, -0.25) is 0 Å². The van der Waals surface area contributed by atoms with E-state index in [1.807, 2.05) is 0 Å². The molecular formula is C15H25N3OS. The van der Waals surface area contributed by atoms with E-state index in [0.717, 1.165) is 43.7 Å². The van der Waals surface area contributed by atoms with Crippen molar-refractivity contribution in [3.05, 3.63) is 16.6 Å². The van der Waals surface area contributed by atoms with Gasteiger partial charge in [0.15, 0.2) is 5.13 Å². The number of aromatic nitrogens is 1. The Labute approximate surface area is 125 Å². The molecule has 0 unspecified atom stereocenters. The number of hydrogen-bond donors (Lipinski definition) is 1. The fraction of sp³-hybridized carbons (Fsp3) is 0.667. The molecule has 5 heteroatoms. The molecule has 0 aliphatic carbocycles. The van der Waals surface area contributed by atoms with Crippen LogP contribution >= 0.6 is 11.3 Å². The van der Waals surface area contributed by atoms with Gasteiger partial charge in [-0.05, 0) is 33.8 Å². The van der Waals surface area contributed by atoms with Gasteiger partial charge in [-0.15, -0.1) is 0 Å². The van der Waals surface area contributed by atoms with Gasteiger partial charge in [-0.25, -0.2) is 4.98 Å². The topological polar surface area (TPSA) is 37.4 Å². The highest BCUT2D eigenvalue weighted by Crippen LogP contribution is 2.27. The Hall–Kier alpha value is -0.910. The molecule has 0 saturated carbocycles. The van der Waals surface area contributed by atoms with Crippen molar-refractivity contribution in [1.82, 2.24) is 10.3 Å². The predicted octanol–water partition coefficient (Wildman–Crippen LogP) is 2.69. The summed E-state index contributed by atoms with van der Waals surface area (Å²) in [5.41, 5.74) is 1.27. The van der Waals surface area contributed by atoms with Crippen molar-refractivity contribution in [3.63, 3.8) is 0 Å². The van der Waals surface area contributed by atoms with Crippen molar-refractivity contribution in [2.75, 3.05) is 37.7 Å². The highest BCUT2D eigenvalue weighted by atomic mass is 32.1. The van der Waals surface area contributed by atoms with E-state index in [2.05, 4.69) is 55.0 Å². The number of anilines is 1. The zero-order chi connectivity index (χ0) is 14.6. The summed E-state index contributed by atoms with van der Waals surface area (Å²) < 4.78 is 5.38. The Balaban J connectivity index is 1.95. The van der Waals surface area contributed by atoms with Crippen LogP contribution in [0.4, 0.5) is 5.13 Å². The van der Waals surface area contributed by atoms with Crippen LogP contribution in [0.15, 0.2) is 6.08 Å². The molecule has 0 spiro atoms. The molecule has 20 heavy (non-hydrogen) atoms. The first kappa shape index (κ1) is 15.5. The van der Waals surface area contributed by atoms with Crippen LogP contribution in [0.25, 0.3) is 6.08 Å². The Morgan fingerprint density at radius 1 is 1.35 bits per heavy atom. The van der Waals surface area contributed by atoms with Gasteiger partial charge in [-0.2, -0.15) is 0 Å². The van der Waals surface area contributed by atoms with Crippen LogP contribution in [-0.2, 0) is 4.74 Å². The van der Waals surface area contributed by atoms with Gasteiger partial charge in [0.05, 0.1) is 23.8 Å². The van der Waals surface area contributed by atoms with E-state index in [1.165, 1.54) is 4.88 Å². The Morgan fingerprint density at radius 3 is 2.70 bits per heavy atom. The second kappa shape index (κ2) is 6.70. The second-order valence-electron chi connectivity index (χ2n) is 6.08. The van der Waals surface area contributed by atoms with Crippen LogP contribution in [0.3, 0.4) is 0 Å². The molecule has 1 aromatic rings. The minimum atomic E-state index is 0.159. The minimum absolute atomic E-state index is 0.159. The molecule has 0 aromatic carbocycles. The number of ether oxygens (including phenoxy) is 1. The fourth-order valence-electron chi connectivity index (χ4n) is 1.97. The maximum atomic E-state index is 5.38. The molecule has 0 bridgehead atoms. The van der Waals surface area contributed by atoms with Crippen LogP contribution in [0.1, 0.15) is 31.3 Å². The summed E-state index contributed by atoms with van der Waals surface area (Å²) >= 11 is 1.77. The van der Waals surface area contributed by atoms with Gasteiger partial charge < -0.3 is 15.0 Å². The maximum absolute atomic E-state index is 5.38. The lowest BCUT2D eigenvalue weighted by molar-refractivity contribution is 0.122. The Morgan fingerprint density at radius 2 is 2.05 bits per heavy atom. The number of thiazole rings is 1. The highest BCUT2D eigenvalue weighted by molar-refractivity contribution is 7.16. The summed E-state index contributed by atoms with van der Waals surface area (Å²) in [7, 11) is 0. The average molecular weight is 295 g/mol. The van der Waals surface area contributed by atoms with Gasteiger partial charge in [-0.1, -0.05) is 17.4 Å². The van der Waals surface area contributed by atoms with E-state index in [4.69, 9.17) is 4.74 Å². The van der Waals surface area contributed by atoms with Gasteiger partial charge in [0, 0.05) is 25.2 Å². The highest BCUT2D eigenvalue weighted by Gasteiger charge is 2.15. The Kier molecular flexibility index (Phi) is 5.18. The summed E-state index contributed by atoms with van der Waals surface area (Å²) in [6, 6.07) is 0. The number of nitrogens with one attached hydrogen (secondary N) is 1. The van der Waals surface area contributed by atoms with E-state index < -0.39 is 0 Å². The van der Waals surface area contributed by atoms with Crippen LogP contribution in [0.2, 0.25) is 0 Å². The molecule has 112 valence electrons. The zero-order valence-corrected chi connectivity index (χ0v) is 13.7. The molecule has 1 saturated heterocycles. The van der Waals surface area contributed by atoms with Crippen LogP contribution in [0, 0.1) is 6.92 Å². The molecule has 2 rings (SSSR count). The first-order valence-electron chi connectivity index (χ1n) is 7.17. The lowest BCUT2D eigenvalue weighted by Gasteiger charge is -2.25. The van der Waals surface area contributed by atoms with E-state index in [-0.39, 0.29) is 5.54 Å². The van der Waals surface area contributed by atoms with Gasteiger partial charge in [0.25, 0.3) is 0 Å². The quantitative estimate of drug-likeness (QED) is 0.927. The van der Waals surface area contributed by atoms with Crippen LogP contribution in [0.5, 0.6) is 0 Å². The predicted molar refractivity (Wildman–Crippen MR) is 86.7 cm³/mol. The number of aryl methyl sites for hydroxylation is 1. The van der Waals surface area contributed by atoms with Gasteiger partial charge >= 0.3 is 0 Å². The molecule has 0 atom stereocenters. The monoisotopic (exact) mass is 295 g/mol. The molecule has 2 heterocycles. The van der Waals surface area contributed by atoms with Crippen molar-refractivity contribution in [3.8, 4) is 0 Å². The molecule has 1 N–H and O–H groups in total. The van der Waals surface area contributed by atoms with Crippen LogP contribution < -0.4 is 10.2 Å². The molecule has 1 aliphatic heterocycles. The summed E-state index contributed by atoms with van der Waals surface area (Å²) in [5, 5.41) is 4.57. The molecule has 1 aliphatic rings. The second-order valence-corrected chi connectivity index (χ2v) is 7.09. The van der Waals surface area contributed by atoms with Gasteiger partial charge in [0.2, 0.25) is 0 Å². The van der Waals surface area contributed by atoms with Crippen molar-refractivity contribution in [1.29, 1.82) is 0 Å². The standard InChI is InChI=1S/C15H25N3OS/c1-12-13(6-5-7-16-15(2,3)4)20-14(17-12)18-8-10-19-11-9-18/h5-6,16H,7-11H2,1-4H3. The third-order valence-corrected chi connectivity index (χ3v) is 4.31. The lowest BCUT2D eigenvalue weighted by atomic mass is 10.1. The molecule has 1 fully saturated rings. The lowest BCUT2D eigenvalue weighted by Crippen LogP contribution is -2.36. The smallest absolute Gasteiger partial charge is 0.186 e.